The lowest BCUT2D eigenvalue weighted by molar-refractivity contribution is -0.385. The van der Waals surface area contributed by atoms with E-state index in [0.29, 0.717) is 24.9 Å². The molecule has 1 aliphatic rings. The molecule has 3 heterocycles. The third-order valence-electron chi connectivity index (χ3n) is 4.60. The summed E-state index contributed by atoms with van der Waals surface area (Å²) in [5.74, 6) is 2.62. The highest BCUT2D eigenvalue weighted by molar-refractivity contribution is 5.49. The molecule has 1 aliphatic heterocycles. The Hall–Kier alpha value is -3.62. The summed E-state index contributed by atoms with van der Waals surface area (Å²) in [5, 5.41) is 15.4. The minimum Gasteiger partial charge on any atom is -0.490 e. The summed E-state index contributed by atoms with van der Waals surface area (Å²) in [6.45, 7) is 2.59. The predicted molar refractivity (Wildman–Crippen MR) is 107 cm³/mol. The normalized spacial score (nSPS) is 13.4. The number of ether oxygens (including phenoxy) is 2. The van der Waals surface area contributed by atoms with Crippen LogP contribution in [0.4, 0.5) is 11.5 Å². The topological polar surface area (TPSA) is 95.5 Å². The van der Waals surface area contributed by atoms with E-state index in [-0.39, 0.29) is 5.69 Å². The summed E-state index contributed by atoms with van der Waals surface area (Å²) < 4.78 is 13.1. The van der Waals surface area contributed by atoms with Crippen molar-refractivity contribution >= 4 is 11.5 Å². The molecular weight excluding hydrogens is 374 g/mol. The van der Waals surface area contributed by atoms with E-state index in [2.05, 4.69) is 15.0 Å². The van der Waals surface area contributed by atoms with E-state index in [0.717, 1.165) is 37.5 Å². The molecule has 0 unspecified atom stereocenters. The Labute approximate surface area is 167 Å². The molecule has 2 aromatic heterocycles. The van der Waals surface area contributed by atoms with Gasteiger partial charge in [-0.15, -0.1) is 5.10 Å². The summed E-state index contributed by atoms with van der Waals surface area (Å²) in [6.07, 6.45) is 3.46. The number of nitrogens with zero attached hydrogens (tertiary/aromatic N) is 5. The van der Waals surface area contributed by atoms with Gasteiger partial charge in [0.05, 0.1) is 4.92 Å². The minimum atomic E-state index is -0.470. The van der Waals surface area contributed by atoms with Crippen LogP contribution in [0, 0.1) is 10.1 Å². The molecule has 1 aromatic carbocycles. The molecule has 1 fully saturated rings. The highest BCUT2D eigenvalue weighted by atomic mass is 16.6. The van der Waals surface area contributed by atoms with Crippen molar-refractivity contribution in [2.24, 2.45) is 0 Å². The molecule has 150 valence electrons. The molecule has 4 rings (SSSR count). The number of benzene rings is 1. The SMILES string of the molecule is O=[N+]([O-])c1ccc(-n2nc(OCCOc3ccccc3)cc2N2CCCC2)nc1. The molecule has 0 aliphatic carbocycles. The molecule has 0 atom stereocenters. The molecule has 9 heteroatoms. The van der Waals surface area contributed by atoms with E-state index in [1.807, 2.05) is 36.4 Å². The second-order valence-corrected chi connectivity index (χ2v) is 6.59. The zero-order valence-electron chi connectivity index (χ0n) is 15.8. The quantitative estimate of drug-likeness (QED) is 0.328. The van der Waals surface area contributed by atoms with Gasteiger partial charge in [-0.3, -0.25) is 10.1 Å². The fourth-order valence-corrected chi connectivity index (χ4v) is 3.19. The largest absolute Gasteiger partial charge is 0.490 e. The van der Waals surface area contributed by atoms with Crippen LogP contribution >= 0.6 is 0 Å². The van der Waals surface area contributed by atoms with Gasteiger partial charge in [-0.2, -0.15) is 4.68 Å². The van der Waals surface area contributed by atoms with Crippen LogP contribution in [-0.4, -0.2) is 46.0 Å². The lowest BCUT2D eigenvalue weighted by atomic mass is 10.3. The molecule has 3 aromatic rings. The van der Waals surface area contributed by atoms with Crippen LogP contribution < -0.4 is 14.4 Å². The van der Waals surface area contributed by atoms with Gasteiger partial charge in [0.2, 0.25) is 5.88 Å². The number of aromatic nitrogens is 3. The molecule has 0 amide bonds. The maximum absolute atomic E-state index is 10.9. The summed E-state index contributed by atoms with van der Waals surface area (Å²) in [6, 6.07) is 14.4. The first-order valence-corrected chi connectivity index (χ1v) is 9.47. The van der Waals surface area contributed by atoms with Crippen molar-refractivity contribution in [1.29, 1.82) is 0 Å². The summed E-state index contributed by atoms with van der Waals surface area (Å²) in [7, 11) is 0. The third kappa shape index (κ3) is 4.45. The van der Waals surface area contributed by atoms with E-state index in [1.165, 1.54) is 12.3 Å². The molecule has 0 saturated carbocycles. The third-order valence-corrected chi connectivity index (χ3v) is 4.60. The Morgan fingerprint density at radius 2 is 1.79 bits per heavy atom. The number of rotatable bonds is 8. The van der Waals surface area contributed by atoms with Crippen molar-refractivity contribution < 1.29 is 14.4 Å². The van der Waals surface area contributed by atoms with E-state index in [4.69, 9.17) is 9.47 Å². The minimum absolute atomic E-state index is 0.0573. The number of nitro groups is 1. The average molecular weight is 395 g/mol. The highest BCUT2D eigenvalue weighted by Gasteiger charge is 2.21. The number of pyridine rings is 1. The number of para-hydroxylation sites is 1. The van der Waals surface area contributed by atoms with Crippen molar-refractivity contribution in [3.63, 3.8) is 0 Å². The standard InChI is InChI=1S/C20H21N5O4/c26-25(27)16-8-9-18(21-15-16)24-20(23-10-4-5-11-23)14-19(22-24)29-13-12-28-17-6-2-1-3-7-17/h1-3,6-9,14-15H,4-5,10-13H2. The molecule has 0 bridgehead atoms. The van der Waals surface area contributed by atoms with Crippen molar-refractivity contribution in [3.05, 3.63) is 64.8 Å². The van der Waals surface area contributed by atoms with Crippen molar-refractivity contribution in [2.75, 3.05) is 31.2 Å². The van der Waals surface area contributed by atoms with Crippen LogP contribution in [0.2, 0.25) is 0 Å². The van der Waals surface area contributed by atoms with Gasteiger partial charge < -0.3 is 14.4 Å². The second-order valence-electron chi connectivity index (χ2n) is 6.59. The highest BCUT2D eigenvalue weighted by Crippen LogP contribution is 2.27. The predicted octanol–water partition coefficient (Wildman–Crippen LogP) is 3.23. The Morgan fingerprint density at radius 1 is 1.03 bits per heavy atom. The van der Waals surface area contributed by atoms with Crippen LogP contribution in [-0.2, 0) is 0 Å². The van der Waals surface area contributed by atoms with Gasteiger partial charge in [0.15, 0.2) is 5.82 Å². The van der Waals surface area contributed by atoms with E-state index < -0.39 is 4.92 Å². The zero-order valence-corrected chi connectivity index (χ0v) is 15.8. The number of anilines is 1. The second kappa shape index (κ2) is 8.59. The van der Waals surface area contributed by atoms with Gasteiger partial charge >= 0.3 is 0 Å². The summed E-state index contributed by atoms with van der Waals surface area (Å²) >= 11 is 0. The van der Waals surface area contributed by atoms with E-state index >= 15 is 0 Å². The van der Waals surface area contributed by atoms with Crippen LogP contribution in [0.25, 0.3) is 5.82 Å². The van der Waals surface area contributed by atoms with Gasteiger partial charge in [0, 0.05) is 25.2 Å². The molecule has 9 nitrogen and oxygen atoms in total. The first kappa shape index (κ1) is 18.7. The smallest absolute Gasteiger partial charge is 0.287 e. The molecule has 0 N–H and O–H groups in total. The molecule has 29 heavy (non-hydrogen) atoms. The zero-order chi connectivity index (χ0) is 20.1. The fourth-order valence-electron chi connectivity index (χ4n) is 3.19. The Kier molecular flexibility index (Phi) is 5.55. The van der Waals surface area contributed by atoms with Crippen molar-refractivity contribution in [2.45, 2.75) is 12.8 Å². The van der Waals surface area contributed by atoms with Gasteiger partial charge in [0.1, 0.15) is 31.0 Å². The van der Waals surface area contributed by atoms with E-state index in [1.54, 1.807) is 10.7 Å². The van der Waals surface area contributed by atoms with Crippen LogP contribution in [0.5, 0.6) is 11.6 Å². The van der Waals surface area contributed by atoms with Crippen molar-refractivity contribution in [1.82, 2.24) is 14.8 Å². The van der Waals surface area contributed by atoms with E-state index in [9.17, 15) is 10.1 Å². The maximum Gasteiger partial charge on any atom is 0.287 e. The van der Waals surface area contributed by atoms with Crippen molar-refractivity contribution in [3.8, 4) is 17.4 Å². The first-order chi connectivity index (χ1) is 14.2. The average Bonchev–Trinajstić information content (AvgIpc) is 3.42. The van der Waals surface area contributed by atoms with Gasteiger partial charge in [-0.25, -0.2) is 4.98 Å². The van der Waals surface area contributed by atoms with Gasteiger partial charge in [0.25, 0.3) is 5.69 Å². The summed E-state index contributed by atoms with van der Waals surface area (Å²) in [4.78, 5) is 16.8. The molecule has 0 radical (unpaired) electrons. The lowest BCUT2D eigenvalue weighted by Gasteiger charge is -2.17. The molecule has 1 saturated heterocycles. The number of hydrogen-bond acceptors (Lipinski definition) is 7. The monoisotopic (exact) mass is 395 g/mol. The van der Waals surface area contributed by atoms with Gasteiger partial charge in [-0.1, -0.05) is 18.2 Å². The van der Waals surface area contributed by atoms with Gasteiger partial charge in [-0.05, 0) is 31.0 Å². The van der Waals surface area contributed by atoms with Crippen LogP contribution in [0.1, 0.15) is 12.8 Å². The Morgan fingerprint density at radius 3 is 2.48 bits per heavy atom. The summed E-state index contributed by atoms with van der Waals surface area (Å²) in [5.41, 5.74) is -0.0573. The van der Waals surface area contributed by atoms with Crippen LogP contribution in [0.3, 0.4) is 0 Å². The fraction of sp³-hybridized carbons (Fsp3) is 0.300. The lowest BCUT2D eigenvalue weighted by Crippen LogP contribution is -2.21. The van der Waals surface area contributed by atoms with Crippen LogP contribution in [0.15, 0.2) is 54.7 Å². The Bertz CT molecular complexity index is 953. The molecule has 0 spiro atoms. The number of hydrogen-bond donors (Lipinski definition) is 0. The molecular formula is C20H21N5O4. The first-order valence-electron chi connectivity index (χ1n) is 9.47. The Balaban J connectivity index is 1.48. The maximum atomic E-state index is 10.9.